The van der Waals surface area contributed by atoms with Crippen molar-refractivity contribution in [3.63, 3.8) is 0 Å². The van der Waals surface area contributed by atoms with Crippen molar-refractivity contribution in [2.45, 2.75) is 37.5 Å². The molecule has 0 radical (unpaired) electrons. The summed E-state index contributed by atoms with van der Waals surface area (Å²) in [6.45, 7) is 3.18. The molecule has 1 saturated heterocycles. The number of aromatic nitrogens is 2. The van der Waals surface area contributed by atoms with Crippen LogP contribution < -0.4 is 23.0 Å². The lowest BCUT2D eigenvalue weighted by Crippen LogP contribution is -3.00. The molecular weight excluding hydrogens is 348 g/mol. The number of nitrogens with two attached hydrogens (primary N) is 1. The number of hydrogen-bond acceptors (Lipinski definition) is 5. The van der Waals surface area contributed by atoms with Gasteiger partial charge in [-0.1, -0.05) is 36.9 Å². The van der Waals surface area contributed by atoms with E-state index in [-0.39, 0.29) is 30.1 Å². The van der Waals surface area contributed by atoms with Gasteiger partial charge in [-0.05, 0) is 18.1 Å². The molecule has 130 valence electrons. The molecule has 1 aromatic carbocycles. The summed E-state index contributed by atoms with van der Waals surface area (Å²) in [7, 11) is 0. The van der Waals surface area contributed by atoms with E-state index in [2.05, 4.69) is 27.8 Å². The first-order chi connectivity index (χ1) is 11.3. The minimum Gasteiger partial charge on any atom is -1.00 e. The Morgan fingerprint density at radius 3 is 3.00 bits per heavy atom. The number of hydrogen-bond donors (Lipinski definition) is 2. The number of nitrogens with zero attached hydrogens (tertiary/aromatic N) is 2. The van der Waals surface area contributed by atoms with Crippen LogP contribution in [0, 0.1) is 0 Å². The Labute approximate surface area is 151 Å². The summed E-state index contributed by atoms with van der Waals surface area (Å²) in [5.41, 5.74) is 2.00. The number of thioether (sulfide) groups is 1. The zero-order chi connectivity index (χ0) is 16.1. The Bertz CT molecular complexity index is 674. The highest BCUT2D eigenvalue weighted by Gasteiger charge is 2.26. The van der Waals surface area contributed by atoms with Gasteiger partial charge in [0.2, 0.25) is 5.91 Å². The second-order valence-electron chi connectivity index (χ2n) is 5.53. The topological polar surface area (TPSA) is 84.6 Å². The molecule has 1 aromatic heterocycles. The second kappa shape index (κ2) is 9.05. The van der Waals surface area contributed by atoms with Gasteiger partial charge in [0.1, 0.15) is 0 Å². The quantitative estimate of drug-likeness (QED) is 0.623. The van der Waals surface area contributed by atoms with E-state index >= 15 is 0 Å². The van der Waals surface area contributed by atoms with E-state index in [1.165, 1.54) is 18.2 Å². The van der Waals surface area contributed by atoms with Crippen molar-refractivity contribution in [1.29, 1.82) is 0 Å². The van der Waals surface area contributed by atoms with Gasteiger partial charge in [0.15, 0.2) is 6.04 Å². The normalized spacial score (nSPS) is 16.6. The molecule has 3 N–H and O–H groups in total. The number of benzene rings is 1. The fourth-order valence-electron chi connectivity index (χ4n) is 2.69. The van der Waals surface area contributed by atoms with E-state index < -0.39 is 0 Å². The summed E-state index contributed by atoms with van der Waals surface area (Å²) >= 11 is 1.27. The van der Waals surface area contributed by atoms with Crippen molar-refractivity contribution < 1.29 is 26.9 Å². The number of nitrogens with one attached hydrogen (secondary N) is 1. The molecule has 0 spiro atoms. The Morgan fingerprint density at radius 2 is 2.25 bits per heavy atom. The first-order valence-corrected chi connectivity index (χ1v) is 8.92. The number of rotatable bonds is 6. The lowest BCUT2D eigenvalue weighted by atomic mass is 10.1. The third-order valence-electron chi connectivity index (χ3n) is 3.91. The molecule has 1 fully saturated rings. The molecule has 1 atom stereocenters. The molecule has 0 unspecified atom stereocenters. The summed E-state index contributed by atoms with van der Waals surface area (Å²) in [4.78, 5) is 12.1. The van der Waals surface area contributed by atoms with Gasteiger partial charge in [0, 0.05) is 18.5 Å². The Hall–Kier alpha value is -1.57. The predicted molar refractivity (Wildman–Crippen MR) is 88.2 cm³/mol. The average Bonchev–Trinajstić information content (AvgIpc) is 3.24. The van der Waals surface area contributed by atoms with E-state index in [1.54, 1.807) is 0 Å². The average molecular weight is 369 g/mol. The molecule has 1 amide bonds. The van der Waals surface area contributed by atoms with Crippen LogP contribution in [0.15, 0.2) is 33.9 Å². The zero-order valence-electron chi connectivity index (χ0n) is 13.5. The molecular formula is C16H21ClN4O2S. The largest absolute Gasteiger partial charge is 1.00 e. The molecule has 0 aliphatic carbocycles. The minimum absolute atomic E-state index is 0. The van der Waals surface area contributed by atoms with Gasteiger partial charge in [0.25, 0.3) is 11.1 Å². The van der Waals surface area contributed by atoms with E-state index in [1.807, 2.05) is 24.3 Å². The van der Waals surface area contributed by atoms with Crippen molar-refractivity contribution in [2.24, 2.45) is 0 Å². The Morgan fingerprint density at radius 1 is 1.42 bits per heavy atom. The lowest BCUT2D eigenvalue weighted by Gasteiger charge is -2.08. The molecule has 1 aliphatic heterocycles. The highest BCUT2D eigenvalue weighted by molar-refractivity contribution is 7.99. The van der Waals surface area contributed by atoms with Crippen molar-refractivity contribution in [2.75, 3.05) is 17.6 Å². The minimum atomic E-state index is -0.0666. The van der Waals surface area contributed by atoms with Crippen LogP contribution in [-0.2, 0) is 11.2 Å². The fraction of sp³-hybridized carbons (Fsp3) is 0.438. The molecule has 2 aromatic rings. The SMILES string of the molecule is CCc1ccccc1NC(=O)CSc1nnc([C@@H]2CCC[NH2+]2)o1.[Cl-]. The zero-order valence-corrected chi connectivity index (χ0v) is 15.1. The maximum absolute atomic E-state index is 12.1. The molecule has 8 heteroatoms. The van der Waals surface area contributed by atoms with Crippen LogP contribution >= 0.6 is 11.8 Å². The van der Waals surface area contributed by atoms with Crippen LogP contribution in [0.5, 0.6) is 0 Å². The van der Waals surface area contributed by atoms with Crippen molar-refractivity contribution in [3.8, 4) is 0 Å². The standard InChI is InChI=1S/C16H20N4O2S.ClH/c1-2-11-6-3-4-7-12(11)18-14(21)10-23-16-20-19-15(22-16)13-8-5-9-17-13;/h3-4,6-7,13,17H,2,5,8-10H2,1H3,(H,18,21);1H/t13-;/m0./s1. The van der Waals surface area contributed by atoms with E-state index in [4.69, 9.17) is 4.42 Å². The molecule has 6 nitrogen and oxygen atoms in total. The van der Waals surface area contributed by atoms with Crippen LogP contribution in [0.1, 0.15) is 37.3 Å². The number of carbonyl (C=O) groups is 1. The van der Waals surface area contributed by atoms with Crippen LogP contribution in [0.3, 0.4) is 0 Å². The van der Waals surface area contributed by atoms with Crippen molar-refractivity contribution >= 4 is 23.4 Å². The smallest absolute Gasteiger partial charge is 0.277 e. The highest BCUT2D eigenvalue weighted by Crippen LogP contribution is 2.22. The Balaban J connectivity index is 0.00000208. The first-order valence-electron chi connectivity index (χ1n) is 7.93. The number of halogens is 1. The number of amides is 1. The van der Waals surface area contributed by atoms with E-state index in [0.29, 0.717) is 11.1 Å². The summed E-state index contributed by atoms with van der Waals surface area (Å²) in [5, 5.41) is 13.7. The van der Waals surface area contributed by atoms with Gasteiger partial charge in [0.05, 0.1) is 12.3 Å². The number of aryl methyl sites for hydroxylation is 1. The second-order valence-corrected chi connectivity index (χ2v) is 6.45. The number of para-hydroxylation sites is 1. The molecule has 0 bridgehead atoms. The molecule has 1 aliphatic rings. The summed E-state index contributed by atoms with van der Waals surface area (Å²) < 4.78 is 5.64. The third-order valence-corrected chi connectivity index (χ3v) is 4.73. The maximum atomic E-state index is 12.1. The van der Waals surface area contributed by atoms with Crippen LogP contribution in [0.25, 0.3) is 0 Å². The number of quaternary nitrogens is 1. The highest BCUT2D eigenvalue weighted by atomic mass is 35.5. The van der Waals surface area contributed by atoms with E-state index in [9.17, 15) is 4.79 Å². The molecule has 24 heavy (non-hydrogen) atoms. The monoisotopic (exact) mass is 368 g/mol. The van der Waals surface area contributed by atoms with Gasteiger partial charge in [-0.3, -0.25) is 4.79 Å². The molecule has 2 heterocycles. The lowest BCUT2D eigenvalue weighted by molar-refractivity contribution is -0.678. The van der Waals surface area contributed by atoms with Gasteiger partial charge < -0.3 is 27.5 Å². The van der Waals surface area contributed by atoms with Crippen LogP contribution in [0.4, 0.5) is 5.69 Å². The van der Waals surface area contributed by atoms with Crippen LogP contribution in [-0.4, -0.2) is 28.4 Å². The van der Waals surface area contributed by atoms with Crippen LogP contribution in [0.2, 0.25) is 0 Å². The predicted octanol–water partition coefficient (Wildman–Crippen LogP) is -1.23. The van der Waals surface area contributed by atoms with Gasteiger partial charge in [-0.25, -0.2) is 0 Å². The fourth-order valence-corrected chi connectivity index (χ4v) is 3.26. The third kappa shape index (κ3) is 4.72. The van der Waals surface area contributed by atoms with Crippen molar-refractivity contribution in [3.05, 3.63) is 35.7 Å². The maximum Gasteiger partial charge on any atom is 0.277 e. The molecule has 3 rings (SSSR count). The summed E-state index contributed by atoms with van der Waals surface area (Å²) in [5.74, 6) is 0.860. The summed E-state index contributed by atoms with van der Waals surface area (Å²) in [6.07, 6.45) is 3.13. The molecule has 0 saturated carbocycles. The Kier molecular flexibility index (Phi) is 7.08. The summed E-state index contributed by atoms with van der Waals surface area (Å²) in [6, 6.07) is 8.11. The first kappa shape index (κ1) is 18.8. The van der Waals surface area contributed by atoms with Gasteiger partial charge in [-0.2, -0.15) is 0 Å². The number of carbonyl (C=O) groups excluding carboxylic acids is 1. The van der Waals surface area contributed by atoms with Gasteiger partial charge in [-0.15, -0.1) is 10.2 Å². The number of anilines is 1. The van der Waals surface area contributed by atoms with Gasteiger partial charge >= 0.3 is 0 Å². The van der Waals surface area contributed by atoms with Crippen molar-refractivity contribution in [1.82, 2.24) is 10.2 Å². The van der Waals surface area contributed by atoms with E-state index in [0.717, 1.165) is 30.6 Å².